The highest BCUT2D eigenvalue weighted by molar-refractivity contribution is 7.93. The summed E-state index contributed by atoms with van der Waals surface area (Å²) in [6, 6.07) is 4.85. The summed E-state index contributed by atoms with van der Waals surface area (Å²) in [5.74, 6) is -3.16. The Bertz CT molecular complexity index is 1190. The highest BCUT2D eigenvalue weighted by Gasteiger charge is 2.37. The Balaban J connectivity index is 3.07. The molecule has 0 bridgehead atoms. The Morgan fingerprint density at radius 2 is 1.27 bits per heavy atom. The van der Waals surface area contributed by atoms with Crippen LogP contribution in [0, 0.1) is 6.92 Å². The van der Waals surface area contributed by atoms with E-state index in [0.717, 1.165) is 12.1 Å². The molecule has 0 heterocycles. The summed E-state index contributed by atoms with van der Waals surface area (Å²) in [5, 5.41) is 19.8. The fraction of sp³-hybridized carbons (Fsp3) is 0.0769. The number of aryl methyl sites for hydroxylation is 1. The maximum absolute atomic E-state index is 12.7. The largest absolute Gasteiger partial charge is 0.506 e. The van der Waals surface area contributed by atoms with Crippen molar-refractivity contribution in [3.8, 4) is 11.5 Å². The van der Waals surface area contributed by atoms with Gasteiger partial charge in [-0.2, -0.15) is 16.8 Å². The summed E-state index contributed by atoms with van der Waals surface area (Å²) < 4.78 is 89.5. The van der Waals surface area contributed by atoms with Crippen LogP contribution in [0.4, 0.5) is 0 Å². The van der Waals surface area contributed by atoms with E-state index in [0.29, 0.717) is 5.56 Å². The van der Waals surface area contributed by atoms with Gasteiger partial charge in [0.2, 0.25) is 9.84 Å². The van der Waals surface area contributed by atoms with E-state index in [4.69, 9.17) is 4.55 Å². The number of phenolic OH excluding ortho intramolecular Hbond substituents is 2. The molecule has 0 saturated heterocycles. The van der Waals surface area contributed by atoms with E-state index < -0.39 is 61.2 Å². The molecule has 0 unspecified atom stereocenters. The highest BCUT2D eigenvalue weighted by Crippen LogP contribution is 2.43. The topological polar surface area (TPSA) is 183 Å². The minimum atomic E-state index is -5.41. The molecule has 0 radical (unpaired) electrons. The number of hydrogen-bond acceptors (Lipinski definition) is 8. The van der Waals surface area contributed by atoms with Gasteiger partial charge in [-0.05, 0) is 19.1 Å². The molecule has 0 aliphatic carbocycles. The zero-order valence-corrected chi connectivity index (χ0v) is 15.3. The summed E-state index contributed by atoms with van der Waals surface area (Å²) in [4.78, 5) is -5.22. The maximum Gasteiger partial charge on any atom is 0.299 e. The monoisotopic (exact) mass is 424 g/mol. The molecule has 13 heteroatoms. The zero-order chi connectivity index (χ0) is 20.1. The van der Waals surface area contributed by atoms with Crippen molar-refractivity contribution in [2.45, 2.75) is 26.5 Å². The fourth-order valence-corrected chi connectivity index (χ4v) is 5.54. The molecular weight excluding hydrogens is 412 g/mol. The second-order valence-corrected chi connectivity index (χ2v) is 9.80. The number of sulfone groups is 1. The molecule has 0 aliphatic heterocycles. The van der Waals surface area contributed by atoms with Crippen LogP contribution in [0.15, 0.2) is 49.9 Å². The molecular formula is C13H12O10S3. The van der Waals surface area contributed by atoms with Crippen molar-refractivity contribution in [3.63, 3.8) is 0 Å². The van der Waals surface area contributed by atoms with Gasteiger partial charge in [0.1, 0.15) is 15.5 Å². The second kappa shape index (κ2) is 6.21. The number of aromatic hydroxyl groups is 2. The quantitative estimate of drug-likeness (QED) is 0.403. The first-order chi connectivity index (χ1) is 11.7. The molecule has 2 aromatic carbocycles. The average molecular weight is 424 g/mol. The Kier molecular flexibility index (Phi) is 4.80. The first-order valence-electron chi connectivity index (χ1n) is 6.53. The smallest absolute Gasteiger partial charge is 0.299 e. The van der Waals surface area contributed by atoms with Gasteiger partial charge in [-0.25, -0.2) is 8.42 Å². The third kappa shape index (κ3) is 3.52. The number of phenols is 2. The van der Waals surface area contributed by atoms with Crippen LogP contribution in [0.2, 0.25) is 0 Å². The third-order valence-corrected chi connectivity index (χ3v) is 7.04. The molecule has 4 N–H and O–H groups in total. The van der Waals surface area contributed by atoms with Crippen LogP contribution in [0.3, 0.4) is 0 Å². The third-order valence-electron chi connectivity index (χ3n) is 3.29. The first kappa shape index (κ1) is 20.1. The summed E-state index contributed by atoms with van der Waals surface area (Å²) in [6.45, 7) is 1.63. The molecule has 0 fully saturated rings. The lowest BCUT2D eigenvalue weighted by Gasteiger charge is -2.14. The van der Waals surface area contributed by atoms with Gasteiger partial charge in [-0.3, -0.25) is 9.11 Å². The first-order valence-corrected chi connectivity index (χ1v) is 10.9. The van der Waals surface area contributed by atoms with E-state index in [-0.39, 0.29) is 6.07 Å². The van der Waals surface area contributed by atoms with Gasteiger partial charge in [-0.15, -0.1) is 0 Å². The number of benzene rings is 2. The van der Waals surface area contributed by atoms with Gasteiger partial charge in [0.15, 0.2) is 10.6 Å². The fourth-order valence-electron chi connectivity index (χ4n) is 2.12. The molecule has 0 spiro atoms. The minimum Gasteiger partial charge on any atom is -0.506 e. The van der Waals surface area contributed by atoms with Crippen molar-refractivity contribution in [1.29, 1.82) is 0 Å². The summed E-state index contributed by atoms with van der Waals surface area (Å²) in [5.41, 5.74) is 0.637. The maximum atomic E-state index is 12.7. The predicted octanol–water partition coefficient (Wildman–Crippen LogP) is 0.732. The van der Waals surface area contributed by atoms with Crippen LogP contribution in [-0.2, 0) is 30.1 Å². The Morgan fingerprint density at radius 1 is 0.769 bits per heavy atom. The van der Waals surface area contributed by atoms with E-state index in [1.54, 1.807) is 6.92 Å². The summed E-state index contributed by atoms with van der Waals surface area (Å²) >= 11 is 0. The molecule has 0 atom stereocenters. The minimum absolute atomic E-state index is 0.0991. The number of hydrogen-bond donors (Lipinski definition) is 4. The Morgan fingerprint density at radius 3 is 1.69 bits per heavy atom. The van der Waals surface area contributed by atoms with E-state index in [9.17, 15) is 40.0 Å². The molecule has 10 nitrogen and oxygen atoms in total. The van der Waals surface area contributed by atoms with Crippen LogP contribution in [0.1, 0.15) is 5.56 Å². The Hall–Kier alpha value is -2.19. The molecule has 142 valence electrons. The Labute approximate surface area is 148 Å². The molecule has 0 aliphatic rings. The molecule has 0 saturated carbocycles. The second-order valence-electron chi connectivity index (χ2n) is 5.17. The predicted molar refractivity (Wildman–Crippen MR) is 86.0 cm³/mol. The lowest BCUT2D eigenvalue weighted by Crippen LogP contribution is -2.13. The van der Waals surface area contributed by atoms with Crippen molar-refractivity contribution in [2.75, 3.05) is 0 Å². The van der Waals surface area contributed by atoms with Crippen LogP contribution >= 0.6 is 0 Å². The van der Waals surface area contributed by atoms with Crippen molar-refractivity contribution in [2.24, 2.45) is 0 Å². The van der Waals surface area contributed by atoms with Crippen LogP contribution in [0.5, 0.6) is 11.5 Å². The molecule has 26 heavy (non-hydrogen) atoms. The summed E-state index contributed by atoms with van der Waals surface area (Å²) in [6.07, 6.45) is 0. The van der Waals surface area contributed by atoms with Gasteiger partial charge < -0.3 is 10.2 Å². The molecule has 0 amide bonds. The summed E-state index contributed by atoms with van der Waals surface area (Å²) in [7, 11) is -15.6. The lowest BCUT2D eigenvalue weighted by atomic mass is 10.2. The van der Waals surface area contributed by atoms with Gasteiger partial charge in [0.05, 0.1) is 4.90 Å². The van der Waals surface area contributed by atoms with E-state index >= 15 is 0 Å². The molecule has 2 aromatic rings. The lowest BCUT2D eigenvalue weighted by molar-refractivity contribution is 0.399. The van der Waals surface area contributed by atoms with E-state index in [1.165, 1.54) is 12.1 Å². The molecule has 2 rings (SSSR count). The van der Waals surface area contributed by atoms with Crippen molar-refractivity contribution < 1.29 is 44.6 Å². The van der Waals surface area contributed by atoms with Gasteiger partial charge >= 0.3 is 0 Å². The normalized spacial score (nSPS) is 12.9. The van der Waals surface area contributed by atoms with Gasteiger partial charge in [0, 0.05) is 6.07 Å². The van der Waals surface area contributed by atoms with Crippen molar-refractivity contribution in [1.82, 2.24) is 0 Å². The van der Waals surface area contributed by atoms with Crippen molar-refractivity contribution >= 4 is 30.1 Å². The highest BCUT2D eigenvalue weighted by atomic mass is 32.2. The van der Waals surface area contributed by atoms with E-state index in [2.05, 4.69) is 0 Å². The van der Waals surface area contributed by atoms with Crippen molar-refractivity contribution in [3.05, 3.63) is 35.9 Å². The van der Waals surface area contributed by atoms with Gasteiger partial charge in [0.25, 0.3) is 20.2 Å². The average Bonchev–Trinajstić information content (AvgIpc) is 2.46. The number of rotatable bonds is 4. The van der Waals surface area contributed by atoms with Crippen LogP contribution in [0.25, 0.3) is 0 Å². The molecule has 0 aromatic heterocycles. The van der Waals surface area contributed by atoms with Crippen LogP contribution in [-0.4, -0.2) is 44.6 Å². The van der Waals surface area contributed by atoms with Gasteiger partial charge in [-0.1, -0.05) is 17.7 Å². The zero-order valence-electron chi connectivity index (χ0n) is 12.8. The van der Waals surface area contributed by atoms with Crippen LogP contribution < -0.4 is 0 Å². The SMILES string of the molecule is Cc1ccc(S(=O)(=O)c2c(O)c(S(=O)(=O)O)cc(O)c2S(=O)(=O)O)cc1. The standard InChI is InChI=1S/C13H12O10S3/c1-7-2-4-8(5-3-7)24(16,17)13-11(15)10(25(18,19)20)6-9(14)12(13)26(21,22)23/h2-6,14-15H,1H3,(H,18,19,20)(H,21,22,23). The van der Waals surface area contributed by atoms with E-state index in [1.807, 2.05) is 0 Å².